The van der Waals surface area contributed by atoms with Crippen molar-refractivity contribution in [3.63, 3.8) is 0 Å². The second-order valence-corrected chi connectivity index (χ2v) is 11.1. The fourth-order valence-corrected chi connectivity index (χ4v) is 4.07. The van der Waals surface area contributed by atoms with Crippen molar-refractivity contribution in [3.05, 3.63) is 0 Å². The summed E-state index contributed by atoms with van der Waals surface area (Å²) in [5.41, 5.74) is 0. The number of carboxylic acids is 1. The fraction of sp³-hybridized carbons (Fsp3) is 0.867. The van der Waals surface area contributed by atoms with Crippen molar-refractivity contribution in [3.8, 4) is 0 Å². The summed E-state index contributed by atoms with van der Waals surface area (Å²) in [6.07, 6.45) is 12.8. The van der Waals surface area contributed by atoms with Crippen molar-refractivity contribution in [2.24, 2.45) is 11.8 Å². The quantitative estimate of drug-likeness (QED) is 0.103. The van der Waals surface area contributed by atoms with Gasteiger partial charge >= 0.3 is 17.9 Å². The Bertz CT molecular complexity index is 609. The van der Waals surface area contributed by atoms with Crippen LogP contribution in [0.4, 0.5) is 0 Å². The van der Waals surface area contributed by atoms with Gasteiger partial charge in [-0.05, 0) is 24.7 Å². The minimum Gasteiger partial charge on any atom is -0.481 e. The van der Waals surface area contributed by atoms with E-state index in [1.54, 1.807) is 0 Å². The molecule has 8 nitrogen and oxygen atoms in total. The van der Waals surface area contributed by atoms with Crippen LogP contribution in [0, 0.1) is 11.8 Å². The Morgan fingerprint density at radius 3 is 1.37 bits per heavy atom. The van der Waals surface area contributed by atoms with E-state index in [4.69, 9.17) is 14.6 Å². The average molecular weight is 542 g/mol. The van der Waals surface area contributed by atoms with Crippen LogP contribution in [0.3, 0.4) is 0 Å². The normalized spacial score (nSPS) is 11.1. The van der Waals surface area contributed by atoms with Gasteiger partial charge in [0.25, 0.3) is 0 Å². The lowest BCUT2D eigenvalue weighted by atomic mass is 10.0. The van der Waals surface area contributed by atoms with Crippen molar-refractivity contribution in [2.75, 3.05) is 26.3 Å². The molecule has 0 atom stereocenters. The number of nitrogens with zero attached hydrogens (tertiary/aromatic N) is 1. The number of ether oxygens (including phenoxy) is 2. The van der Waals surface area contributed by atoms with Gasteiger partial charge in [0.2, 0.25) is 5.91 Å². The number of carbonyl (C=O) groups excluding carboxylic acids is 3. The smallest absolute Gasteiger partial charge is 0.307 e. The predicted molar refractivity (Wildman–Crippen MR) is 150 cm³/mol. The number of carboxylic acid groups (broad SMARTS) is 1. The van der Waals surface area contributed by atoms with Crippen LogP contribution in [0.25, 0.3) is 0 Å². The molecule has 0 bridgehead atoms. The summed E-state index contributed by atoms with van der Waals surface area (Å²) in [4.78, 5) is 49.0. The lowest BCUT2D eigenvalue weighted by Crippen LogP contribution is -2.35. The van der Waals surface area contributed by atoms with E-state index in [-0.39, 0.29) is 38.8 Å². The molecule has 8 heteroatoms. The minimum absolute atomic E-state index is 0.0130. The third-order valence-corrected chi connectivity index (χ3v) is 6.45. The summed E-state index contributed by atoms with van der Waals surface area (Å²) in [5, 5.41) is 8.89. The first-order valence-corrected chi connectivity index (χ1v) is 14.9. The van der Waals surface area contributed by atoms with Crippen LogP contribution in [0.5, 0.6) is 0 Å². The number of esters is 2. The molecule has 1 N–H and O–H groups in total. The van der Waals surface area contributed by atoms with Crippen LogP contribution < -0.4 is 0 Å². The topological polar surface area (TPSA) is 110 Å². The summed E-state index contributed by atoms with van der Waals surface area (Å²) in [7, 11) is 0. The van der Waals surface area contributed by atoms with E-state index >= 15 is 0 Å². The van der Waals surface area contributed by atoms with Crippen LogP contribution in [0.15, 0.2) is 0 Å². The van der Waals surface area contributed by atoms with E-state index in [1.165, 1.54) is 43.4 Å². The van der Waals surface area contributed by atoms with Crippen LogP contribution in [0.2, 0.25) is 0 Å². The molecule has 0 aliphatic carbocycles. The molecule has 0 aromatic heterocycles. The number of aliphatic carboxylic acids is 1. The highest BCUT2D eigenvalue weighted by atomic mass is 16.5. The van der Waals surface area contributed by atoms with E-state index in [0.717, 1.165) is 50.4 Å². The third kappa shape index (κ3) is 24.2. The molecule has 0 unspecified atom stereocenters. The molecule has 0 aliphatic rings. The van der Waals surface area contributed by atoms with Gasteiger partial charge in [-0.3, -0.25) is 19.2 Å². The summed E-state index contributed by atoms with van der Waals surface area (Å²) in [6.45, 7) is 9.81. The first-order valence-electron chi connectivity index (χ1n) is 14.9. The van der Waals surface area contributed by atoms with Crippen molar-refractivity contribution < 1.29 is 33.8 Å². The standard InChI is InChI=1S/C30H55NO7/c1-25(2)15-11-7-5-9-13-23-37-29(35)19-21-31(27(32)17-18-28(33)34)22-20-30(36)38-24-14-10-6-8-12-16-26(3)4/h25-26H,5-24H2,1-4H3,(H,33,34). The molecule has 0 aromatic carbocycles. The number of amides is 1. The molecule has 0 rings (SSSR count). The lowest BCUT2D eigenvalue weighted by Gasteiger charge is -2.22. The second-order valence-electron chi connectivity index (χ2n) is 11.1. The predicted octanol–water partition coefficient (Wildman–Crippen LogP) is 6.54. The molecule has 0 aromatic rings. The maximum Gasteiger partial charge on any atom is 0.307 e. The van der Waals surface area contributed by atoms with Gasteiger partial charge in [0.15, 0.2) is 0 Å². The number of hydrogen-bond acceptors (Lipinski definition) is 6. The van der Waals surface area contributed by atoms with Crippen molar-refractivity contribution >= 4 is 23.8 Å². The van der Waals surface area contributed by atoms with Crippen molar-refractivity contribution in [1.29, 1.82) is 0 Å². The molecule has 0 fully saturated rings. The zero-order chi connectivity index (χ0) is 28.6. The number of unbranched alkanes of at least 4 members (excludes halogenated alkanes) is 8. The van der Waals surface area contributed by atoms with E-state index in [1.807, 2.05) is 0 Å². The van der Waals surface area contributed by atoms with Crippen molar-refractivity contribution in [1.82, 2.24) is 4.90 Å². The van der Waals surface area contributed by atoms with E-state index < -0.39 is 23.8 Å². The Kier molecular flexibility index (Phi) is 22.6. The summed E-state index contributed by atoms with van der Waals surface area (Å²) < 4.78 is 10.6. The van der Waals surface area contributed by atoms with Gasteiger partial charge in [0, 0.05) is 19.5 Å². The van der Waals surface area contributed by atoms with Gasteiger partial charge in [-0.1, -0.05) is 91.9 Å². The Balaban J connectivity index is 4.22. The molecule has 1 amide bonds. The van der Waals surface area contributed by atoms with Gasteiger partial charge in [0.05, 0.1) is 32.5 Å². The highest BCUT2D eigenvalue weighted by Gasteiger charge is 2.18. The Hall–Kier alpha value is -2.12. The number of hydrogen-bond donors (Lipinski definition) is 1. The zero-order valence-electron chi connectivity index (χ0n) is 24.6. The number of rotatable bonds is 25. The monoisotopic (exact) mass is 541 g/mol. The molecule has 0 aliphatic heterocycles. The van der Waals surface area contributed by atoms with Gasteiger partial charge < -0.3 is 19.5 Å². The molecule has 0 spiro atoms. The fourth-order valence-electron chi connectivity index (χ4n) is 4.07. The first kappa shape index (κ1) is 35.9. The van der Waals surface area contributed by atoms with E-state index in [2.05, 4.69) is 27.7 Å². The molecule has 38 heavy (non-hydrogen) atoms. The highest BCUT2D eigenvalue weighted by molar-refractivity contribution is 5.81. The molecule has 0 radical (unpaired) electrons. The average Bonchev–Trinajstić information content (AvgIpc) is 2.85. The SMILES string of the molecule is CC(C)CCCCCCCOC(=O)CCN(CCC(=O)OCCCCCCCC(C)C)C(=O)CCC(=O)O. The van der Waals surface area contributed by atoms with Crippen LogP contribution in [-0.4, -0.2) is 60.1 Å². The Morgan fingerprint density at radius 1 is 0.579 bits per heavy atom. The highest BCUT2D eigenvalue weighted by Crippen LogP contribution is 2.12. The van der Waals surface area contributed by atoms with Gasteiger partial charge in [-0.15, -0.1) is 0 Å². The maximum atomic E-state index is 12.5. The lowest BCUT2D eigenvalue weighted by molar-refractivity contribution is -0.146. The van der Waals surface area contributed by atoms with Crippen LogP contribution in [0.1, 0.15) is 130 Å². The molecule has 0 saturated carbocycles. The van der Waals surface area contributed by atoms with E-state index in [9.17, 15) is 19.2 Å². The van der Waals surface area contributed by atoms with Crippen molar-refractivity contribution in [2.45, 2.75) is 130 Å². The molecular formula is C30H55NO7. The Morgan fingerprint density at radius 2 is 0.974 bits per heavy atom. The largest absolute Gasteiger partial charge is 0.481 e. The van der Waals surface area contributed by atoms with Crippen LogP contribution >= 0.6 is 0 Å². The van der Waals surface area contributed by atoms with Gasteiger partial charge in [-0.2, -0.15) is 0 Å². The first-order chi connectivity index (χ1) is 18.1. The molecule has 0 heterocycles. The van der Waals surface area contributed by atoms with E-state index in [0.29, 0.717) is 13.2 Å². The Labute approximate surface area is 231 Å². The minimum atomic E-state index is -1.06. The summed E-state index contributed by atoms with van der Waals surface area (Å²) in [5.74, 6) is -0.775. The molecule has 222 valence electrons. The third-order valence-electron chi connectivity index (χ3n) is 6.45. The zero-order valence-corrected chi connectivity index (χ0v) is 24.6. The van der Waals surface area contributed by atoms with Gasteiger partial charge in [0.1, 0.15) is 0 Å². The maximum absolute atomic E-state index is 12.5. The summed E-state index contributed by atoms with van der Waals surface area (Å²) in [6, 6.07) is 0. The van der Waals surface area contributed by atoms with Gasteiger partial charge in [-0.25, -0.2) is 0 Å². The second kappa shape index (κ2) is 24.0. The molecular weight excluding hydrogens is 486 g/mol. The number of carbonyl (C=O) groups is 4. The molecule has 0 saturated heterocycles. The van der Waals surface area contributed by atoms with Crippen LogP contribution in [-0.2, 0) is 28.7 Å². The summed E-state index contributed by atoms with van der Waals surface area (Å²) >= 11 is 0.